The largest absolute Gasteiger partial charge is 0.479 e. The number of carboxylic acids is 1. The summed E-state index contributed by atoms with van der Waals surface area (Å²) in [5.74, 6) is -0.706. The third-order valence-electron chi connectivity index (χ3n) is 9.14. The maximum atomic E-state index is 13.7. The zero-order valence-corrected chi connectivity index (χ0v) is 24.3. The average molecular weight is 555 g/mol. The van der Waals surface area contributed by atoms with Crippen molar-refractivity contribution < 1.29 is 24.2 Å². The van der Waals surface area contributed by atoms with Crippen molar-refractivity contribution in [3.05, 3.63) is 34.7 Å². The highest BCUT2D eigenvalue weighted by molar-refractivity contribution is 5.98. The second kappa shape index (κ2) is 11.7. The van der Waals surface area contributed by atoms with Crippen LogP contribution in [0.5, 0.6) is 0 Å². The van der Waals surface area contributed by atoms with E-state index in [1.165, 1.54) is 0 Å². The van der Waals surface area contributed by atoms with Crippen LogP contribution in [0.15, 0.2) is 29.1 Å². The van der Waals surface area contributed by atoms with Gasteiger partial charge in [-0.3, -0.25) is 14.2 Å². The van der Waals surface area contributed by atoms with E-state index in [2.05, 4.69) is 43.3 Å². The number of para-hydroxylation sites is 1. The van der Waals surface area contributed by atoms with Gasteiger partial charge in [-0.2, -0.15) is 4.98 Å². The van der Waals surface area contributed by atoms with Crippen molar-refractivity contribution in [1.29, 1.82) is 0 Å². The molecule has 2 fully saturated rings. The fraction of sp³-hybridized carbons (Fsp3) is 0.633. The molecule has 2 aromatic rings. The van der Waals surface area contributed by atoms with Gasteiger partial charge in [-0.15, -0.1) is 0 Å². The van der Waals surface area contributed by atoms with E-state index in [1.807, 2.05) is 38.1 Å². The highest BCUT2D eigenvalue weighted by atomic mass is 16.5. The van der Waals surface area contributed by atoms with Gasteiger partial charge in [0.1, 0.15) is 24.5 Å². The number of carbonyl (C=O) groups is 3. The summed E-state index contributed by atoms with van der Waals surface area (Å²) in [5, 5.41) is 16.1. The molecular formula is C30H42N4O6. The lowest BCUT2D eigenvalue weighted by atomic mass is 9.60. The number of hydrogen-bond donors (Lipinski definition) is 3. The van der Waals surface area contributed by atoms with Gasteiger partial charge < -0.3 is 20.5 Å². The molecule has 1 aliphatic carbocycles. The lowest BCUT2D eigenvalue weighted by molar-refractivity contribution is -0.148. The molecule has 1 aromatic heterocycles. The first-order valence-electron chi connectivity index (χ1n) is 14.2. The molecular weight excluding hydrogens is 512 g/mol. The summed E-state index contributed by atoms with van der Waals surface area (Å²) in [7, 11) is 0. The molecule has 218 valence electrons. The number of benzene rings is 1. The number of rotatable bonds is 9. The first-order valence-corrected chi connectivity index (χ1v) is 14.2. The molecule has 1 aromatic carbocycles. The zero-order valence-electron chi connectivity index (χ0n) is 24.3. The minimum absolute atomic E-state index is 0.169. The molecule has 1 saturated carbocycles. The molecule has 40 heavy (non-hydrogen) atoms. The van der Waals surface area contributed by atoms with E-state index in [-0.39, 0.29) is 23.9 Å². The Hall–Kier alpha value is -3.27. The number of amides is 1. The SMILES string of the molecule is CC(C)Cn1c(=O)nc(NC(CC2CC(C)C(C)(C)C(C)C2)C(=O)NC2C(=O)COC2C(=O)O)c2ccccc21. The van der Waals surface area contributed by atoms with E-state index in [0.29, 0.717) is 41.5 Å². The number of ketones is 1. The summed E-state index contributed by atoms with van der Waals surface area (Å²) in [6, 6.07) is 5.31. The van der Waals surface area contributed by atoms with Crippen molar-refractivity contribution >= 4 is 34.4 Å². The topological polar surface area (TPSA) is 140 Å². The Morgan fingerprint density at radius 3 is 2.42 bits per heavy atom. The molecule has 0 bridgehead atoms. The molecule has 5 atom stereocenters. The molecule has 4 rings (SSSR count). The van der Waals surface area contributed by atoms with Gasteiger partial charge >= 0.3 is 11.7 Å². The van der Waals surface area contributed by atoms with Gasteiger partial charge in [-0.25, -0.2) is 9.59 Å². The van der Waals surface area contributed by atoms with Crippen LogP contribution < -0.4 is 16.3 Å². The monoisotopic (exact) mass is 554 g/mol. The van der Waals surface area contributed by atoms with Crippen molar-refractivity contribution in [2.45, 2.75) is 85.5 Å². The number of aromatic nitrogens is 2. The maximum absolute atomic E-state index is 13.7. The number of nitrogens with one attached hydrogen (secondary N) is 2. The number of Topliss-reactive ketones (excluding diaryl/α,β-unsaturated/α-hetero) is 1. The van der Waals surface area contributed by atoms with Crippen molar-refractivity contribution in [2.75, 3.05) is 11.9 Å². The van der Waals surface area contributed by atoms with Crippen LogP contribution in [0.4, 0.5) is 5.82 Å². The van der Waals surface area contributed by atoms with E-state index in [1.54, 1.807) is 4.57 Å². The lowest BCUT2D eigenvalue weighted by Crippen LogP contribution is -2.53. The Labute approximate surface area is 234 Å². The molecule has 10 nitrogen and oxygen atoms in total. The Balaban J connectivity index is 1.68. The smallest absolute Gasteiger partial charge is 0.350 e. The van der Waals surface area contributed by atoms with Crippen LogP contribution in [0.2, 0.25) is 0 Å². The van der Waals surface area contributed by atoms with Crippen LogP contribution in [-0.2, 0) is 25.7 Å². The highest BCUT2D eigenvalue weighted by Gasteiger charge is 2.44. The molecule has 1 amide bonds. The number of nitrogens with zero attached hydrogens (tertiary/aromatic N) is 2. The Kier molecular flexibility index (Phi) is 8.68. The molecule has 2 aliphatic rings. The van der Waals surface area contributed by atoms with Gasteiger partial charge in [0.15, 0.2) is 11.9 Å². The van der Waals surface area contributed by atoms with E-state index in [9.17, 15) is 24.3 Å². The van der Waals surface area contributed by atoms with Gasteiger partial charge in [0.05, 0.1) is 5.52 Å². The Morgan fingerprint density at radius 2 is 1.80 bits per heavy atom. The maximum Gasteiger partial charge on any atom is 0.350 e. The van der Waals surface area contributed by atoms with Crippen molar-refractivity contribution in [1.82, 2.24) is 14.9 Å². The molecule has 5 unspecified atom stereocenters. The molecule has 0 spiro atoms. The van der Waals surface area contributed by atoms with Crippen LogP contribution >= 0.6 is 0 Å². The number of aliphatic carboxylic acids is 1. The first-order chi connectivity index (χ1) is 18.8. The third-order valence-corrected chi connectivity index (χ3v) is 9.14. The van der Waals surface area contributed by atoms with Crippen molar-refractivity contribution in [3.8, 4) is 0 Å². The quantitative estimate of drug-likeness (QED) is 0.428. The van der Waals surface area contributed by atoms with Crippen LogP contribution in [-0.4, -0.2) is 57.1 Å². The number of carboxylic acid groups (broad SMARTS) is 1. The van der Waals surface area contributed by atoms with E-state index in [4.69, 9.17) is 4.74 Å². The van der Waals surface area contributed by atoms with Crippen LogP contribution in [0.25, 0.3) is 10.9 Å². The minimum atomic E-state index is -1.44. The molecule has 1 saturated heterocycles. The number of hydrogen-bond acceptors (Lipinski definition) is 7. The average Bonchev–Trinajstić information content (AvgIpc) is 3.24. The number of anilines is 1. The number of fused-ring (bicyclic) bond motifs is 1. The molecule has 3 N–H and O–H groups in total. The predicted octanol–water partition coefficient (Wildman–Crippen LogP) is 3.47. The number of ether oxygens (including phenoxy) is 1. The van der Waals surface area contributed by atoms with Gasteiger partial charge in [0.25, 0.3) is 0 Å². The van der Waals surface area contributed by atoms with Crippen molar-refractivity contribution in [2.24, 2.45) is 29.1 Å². The fourth-order valence-corrected chi connectivity index (χ4v) is 6.14. The second-order valence-electron chi connectivity index (χ2n) is 12.7. The Bertz CT molecular complexity index is 1320. The summed E-state index contributed by atoms with van der Waals surface area (Å²) in [6.45, 7) is 13.2. The normalized spacial score (nSPS) is 27.1. The van der Waals surface area contributed by atoms with Crippen molar-refractivity contribution in [3.63, 3.8) is 0 Å². The van der Waals surface area contributed by atoms with Gasteiger partial charge in [-0.05, 0) is 60.5 Å². The standard InChI is InChI=1S/C30H42N4O6/c1-16(2)14-34-22-10-8-7-9-20(22)26(33-29(34)39)31-21(13-19-11-17(3)30(5,6)18(4)12-19)27(36)32-24-23(35)15-40-25(24)28(37)38/h7-10,16-19,21,24-25H,11-15H2,1-6H3,(H,32,36)(H,37,38)(H,31,33,39). The Morgan fingerprint density at radius 1 is 1.15 bits per heavy atom. The van der Waals surface area contributed by atoms with Gasteiger partial charge in [-0.1, -0.05) is 53.7 Å². The minimum Gasteiger partial charge on any atom is -0.479 e. The van der Waals surface area contributed by atoms with Crippen LogP contribution in [0, 0.1) is 29.1 Å². The summed E-state index contributed by atoms with van der Waals surface area (Å²) in [5.41, 5.74) is 0.466. The zero-order chi connectivity index (χ0) is 29.4. The summed E-state index contributed by atoms with van der Waals surface area (Å²) in [6.07, 6.45) is 0.861. The second-order valence-corrected chi connectivity index (χ2v) is 12.7. The molecule has 10 heteroatoms. The molecule has 2 heterocycles. The lowest BCUT2D eigenvalue weighted by Gasteiger charge is -2.46. The van der Waals surface area contributed by atoms with Crippen LogP contribution in [0.3, 0.4) is 0 Å². The van der Waals surface area contributed by atoms with Gasteiger partial charge in [0, 0.05) is 11.9 Å². The third kappa shape index (κ3) is 6.06. The number of carbonyl (C=O) groups excluding carboxylic acids is 2. The summed E-state index contributed by atoms with van der Waals surface area (Å²) >= 11 is 0. The van der Waals surface area contributed by atoms with E-state index in [0.717, 1.165) is 12.8 Å². The summed E-state index contributed by atoms with van der Waals surface area (Å²) in [4.78, 5) is 55.3. The fourth-order valence-electron chi connectivity index (χ4n) is 6.14. The van der Waals surface area contributed by atoms with Gasteiger partial charge in [0.2, 0.25) is 5.91 Å². The first kappa shape index (κ1) is 29.7. The predicted molar refractivity (Wildman–Crippen MR) is 152 cm³/mol. The highest BCUT2D eigenvalue weighted by Crippen LogP contribution is 2.48. The summed E-state index contributed by atoms with van der Waals surface area (Å²) < 4.78 is 6.75. The molecule has 0 radical (unpaired) electrons. The van der Waals surface area contributed by atoms with Crippen LogP contribution in [0.1, 0.15) is 60.8 Å². The van der Waals surface area contributed by atoms with E-state index >= 15 is 0 Å². The molecule has 1 aliphatic heterocycles. The van der Waals surface area contributed by atoms with E-state index < -0.39 is 41.5 Å².